The second-order valence-electron chi connectivity index (χ2n) is 4.74. The summed E-state index contributed by atoms with van der Waals surface area (Å²) in [6.45, 7) is 4.81. The van der Waals surface area contributed by atoms with E-state index in [1.165, 1.54) is 32.1 Å². The van der Waals surface area contributed by atoms with Crippen LogP contribution in [-0.2, 0) is 0 Å². The van der Waals surface area contributed by atoms with Gasteiger partial charge in [-0.05, 0) is 37.5 Å². The van der Waals surface area contributed by atoms with Crippen molar-refractivity contribution in [3.8, 4) is 0 Å². The van der Waals surface area contributed by atoms with Gasteiger partial charge in [-0.3, -0.25) is 0 Å². The van der Waals surface area contributed by atoms with Crippen molar-refractivity contribution in [3.63, 3.8) is 0 Å². The smallest absolute Gasteiger partial charge is 0.00785 e. The molecule has 0 spiro atoms. The van der Waals surface area contributed by atoms with Gasteiger partial charge in [0.25, 0.3) is 0 Å². The Kier molecular flexibility index (Phi) is 2.69. The summed E-state index contributed by atoms with van der Waals surface area (Å²) in [6, 6.07) is 0. The molecule has 2 fully saturated rings. The summed E-state index contributed by atoms with van der Waals surface area (Å²) in [5, 5.41) is 1.98. The van der Waals surface area contributed by atoms with Crippen LogP contribution in [0.1, 0.15) is 46.0 Å². The molecule has 1 saturated heterocycles. The largest absolute Gasteiger partial charge is 0.155 e. The molecule has 1 aliphatic heterocycles. The minimum atomic E-state index is 0.950. The highest BCUT2D eigenvalue weighted by atomic mass is 32.2. The Bertz CT molecular complexity index is 137. The van der Waals surface area contributed by atoms with E-state index in [9.17, 15) is 0 Å². The van der Waals surface area contributed by atoms with Gasteiger partial charge >= 0.3 is 0 Å². The van der Waals surface area contributed by atoms with Gasteiger partial charge in [-0.15, -0.1) is 0 Å². The number of hydrogen-bond acceptors (Lipinski definition) is 1. The van der Waals surface area contributed by atoms with E-state index in [1.54, 1.807) is 0 Å². The van der Waals surface area contributed by atoms with Crippen molar-refractivity contribution in [1.29, 1.82) is 0 Å². The Morgan fingerprint density at radius 2 is 1.83 bits per heavy atom. The summed E-state index contributed by atoms with van der Waals surface area (Å²) in [7, 11) is 0. The maximum absolute atomic E-state index is 2.42. The van der Waals surface area contributed by atoms with Crippen LogP contribution in [0.15, 0.2) is 0 Å². The lowest BCUT2D eigenvalue weighted by atomic mass is 9.98. The Morgan fingerprint density at radius 1 is 1.00 bits per heavy atom. The van der Waals surface area contributed by atoms with Gasteiger partial charge in [-0.2, -0.15) is 11.8 Å². The van der Waals surface area contributed by atoms with E-state index in [1.807, 2.05) is 0 Å². The van der Waals surface area contributed by atoms with E-state index in [0.717, 1.165) is 22.3 Å². The summed E-state index contributed by atoms with van der Waals surface area (Å²) in [5.41, 5.74) is 0. The van der Waals surface area contributed by atoms with Crippen LogP contribution in [-0.4, -0.2) is 10.5 Å². The zero-order valence-corrected chi connectivity index (χ0v) is 9.07. The third-order valence-corrected chi connectivity index (χ3v) is 5.20. The highest BCUT2D eigenvalue weighted by Crippen LogP contribution is 2.44. The summed E-state index contributed by atoms with van der Waals surface area (Å²) in [4.78, 5) is 0. The average Bonchev–Trinajstić information content (AvgIpc) is 2.58. The van der Waals surface area contributed by atoms with E-state index in [-0.39, 0.29) is 0 Å². The molecule has 4 unspecified atom stereocenters. The normalized spacial score (nSPS) is 48.5. The van der Waals surface area contributed by atoms with E-state index < -0.39 is 0 Å². The zero-order chi connectivity index (χ0) is 8.55. The Labute approximate surface area is 80.5 Å². The quantitative estimate of drug-likeness (QED) is 0.598. The second-order valence-corrected chi connectivity index (χ2v) is 6.42. The molecule has 4 atom stereocenters. The molecule has 0 bridgehead atoms. The first-order valence-electron chi connectivity index (χ1n) is 5.41. The molecule has 70 valence electrons. The lowest BCUT2D eigenvalue weighted by Crippen LogP contribution is -2.10. The first-order chi connectivity index (χ1) is 5.75. The lowest BCUT2D eigenvalue weighted by Gasteiger charge is -2.17. The van der Waals surface area contributed by atoms with Gasteiger partial charge in [0.15, 0.2) is 0 Å². The van der Waals surface area contributed by atoms with Gasteiger partial charge < -0.3 is 0 Å². The minimum Gasteiger partial charge on any atom is -0.155 e. The maximum atomic E-state index is 2.42. The van der Waals surface area contributed by atoms with Crippen LogP contribution in [0, 0.1) is 11.8 Å². The third-order valence-electron chi connectivity index (χ3n) is 3.53. The fraction of sp³-hybridized carbons (Fsp3) is 1.00. The molecular weight excluding hydrogens is 164 g/mol. The molecule has 1 aliphatic carbocycles. The molecule has 0 N–H and O–H groups in total. The van der Waals surface area contributed by atoms with Crippen LogP contribution in [0.2, 0.25) is 0 Å². The van der Waals surface area contributed by atoms with Crippen molar-refractivity contribution in [2.24, 2.45) is 11.8 Å². The molecule has 12 heavy (non-hydrogen) atoms. The molecule has 2 rings (SSSR count). The van der Waals surface area contributed by atoms with Crippen molar-refractivity contribution >= 4 is 11.8 Å². The van der Waals surface area contributed by atoms with Crippen LogP contribution in [0.5, 0.6) is 0 Å². The van der Waals surface area contributed by atoms with Crippen molar-refractivity contribution in [3.05, 3.63) is 0 Å². The Morgan fingerprint density at radius 3 is 2.33 bits per heavy atom. The van der Waals surface area contributed by atoms with Gasteiger partial charge in [-0.25, -0.2) is 0 Å². The monoisotopic (exact) mass is 184 g/mol. The highest BCUT2D eigenvalue weighted by Gasteiger charge is 2.33. The van der Waals surface area contributed by atoms with Crippen molar-refractivity contribution < 1.29 is 0 Å². The van der Waals surface area contributed by atoms with Gasteiger partial charge in [0.1, 0.15) is 0 Å². The lowest BCUT2D eigenvalue weighted by molar-refractivity contribution is 0.483. The third kappa shape index (κ3) is 1.81. The molecule has 0 aromatic rings. The van der Waals surface area contributed by atoms with Crippen LogP contribution in [0.4, 0.5) is 0 Å². The molecule has 1 heterocycles. The van der Waals surface area contributed by atoms with E-state index in [4.69, 9.17) is 0 Å². The molecule has 0 amide bonds. The highest BCUT2D eigenvalue weighted by molar-refractivity contribution is 8.00. The molecule has 1 heteroatoms. The predicted octanol–water partition coefficient (Wildman–Crippen LogP) is 3.71. The molecular formula is C11H20S. The van der Waals surface area contributed by atoms with Crippen LogP contribution >= 0.6 is 11.8 Å². The fourth-order valence-electron chi connectivity index (χ4n) is 2.77. The first kappa shape index (κ1) is 8.93. The standard InChI is InChI=1S/C11H20S/c1-8-3-5-10(7-8)11-6-4-9(2)12-11/h8-11H,3-7H2,1-2H3. The summed E-state index contributed by atoms with van der Waals surface area (Å²) in [6.07, 6.45) is 7.51. The molecule has 0 radical (unpaired) electrons. The van der Waals surface area contributed by atoms with E-state index in [2.05, 4.69) is 25.6 Å². The SMILES string of the molecule is CC1CCC(C2CCC(C)S2)C1. The number of thioether (sulfide) groups is 1. The minimum absolute atomic E-state index is 0.950. The van der Waals surface area contributed by atoms with Crippen molar-refractivity contribution in [2.75, 3.05) is 0 Å². The molecule has 1 saturated carbocycles. The van der Waals surface area contributed by atoms with Gasteiger partial charge in [0.05, 0.1) is 0 Å². The summed E-state index contributed by atoms with van der Waals surface area (Å²) in [5.74, 6) is 2.10. The van der Waals surface area contributed by atoms with Crippen LogP contribution < -0.4 is 0 Å². The van der Waals surface area contributed by atoms with E-state index in [0.29, 0.717) is 0 Å². The first-order valence-corrected chi connectivity index (χ1v) is 6.35. The zero-order valence-electron chi connectivity index (χ0n) is 8.25. The van der Waals surface area contributed by atoms with Crippen LogP contribution in [0.25, 0.3) is 0 Å². The predicted molar refractivity (Wildman–Crippen MR) is 56.6 cm³/mol. The Balaban J connectivity index is 1.85. The van der Waals surface area contributed by atoms with Crippen LogP contribution in [0.3, 0.4) is 0 Å². The summed E-state index contributed by atoms with van der Waals surface area (Å²) < 4.78 is 0. The molecule has 0 aromatic carbocycles. The van der Waals surface area contributed by atoms with Gasteiger partial charge in [-0.1, -0.05) is 20.3 Å². The van der Waals surface area contributed by atoms with Gasteiger partial charge in [0.2, 0.25) is 0 Å². The topological polar surface area (TPSA) is 0 Å². The molecule has 0 nitrogen and oxygen atoms in total. The Hall–Kier alpha value is 0.350. The van der Waals surface area contributed by atoms with Gasteiger partial charge in [0, 0.05) is 10.5 Å². The second kappa shape index (κ2) is 3.61. The van der Waals surface area contributed by atoms with Crippen molar-refractivity contribution in [2.45, 2.75) is 56.5 Å². The number of hydrogen-bond donors (Lipinski definition) is 0. The molecule has 0 aromatic heterocycles. The van der Waals surface area contributed by atoms with Crippen molar-refractivity contribution in [1.82, 2.24) is 0 Å². The fourth-order valence-corrected chi connectivity index (χ4v) is 4.38. The molecule has 2 aliphatic rings. The summed E-state index contributed by atoms with van der Waals surface area (Å²) >= 11 is 2.26. The van der Waals surface area contributed by atoms with E-state index >= 15 is 0 Å². The maximum Gasteiger partial charge on any atom is 0.00785 e. The number of rotatable bonds is 1. The average molecular weight is 184 g/mol.